The third kappa shape index (κ3) is 4.25. The molecule has 0 fully saturated rings. The zero-order valence-electron chi connectivity index (χ0n) is 9.53. The molecule has 1 aromatic rings. The van der Waals surface area contributed by atoms with Crippen LogP contribution in [0.3, 0.4) is 0 Å². The third-order valence-corrected chi connectivity index (χ3v) is 2.92. The molecule has 1 atom stereocenters. The van der Waals surface area contributed by atoms with Gasteiger partial charge in [-0.25, -0.2) is 4.98 Å². The summed E-state index contributed by atoms with van der Waals surface area (Å²) in [6.07, 6.45) is 0. The SMILES string of the molecule is Cc1nc(C(CO)NCCN(C)C)cs1. The fraction of sp³-hybridized carbons (Fsp3) is 0.700. The van der Waals surface area contributed by atoms with Crippen LogP contribution in [0.15, 0.2) is 5.38 Å². The average Bonchev–Trinajstić information content (AvgIpc) is 2.59. The molecule has 0 spiro atoms. The minimum Gasteiger partial charge on any atom is -0.394 e. The molecule has 4 nitrogen and oxygen atoms in total. The van der Waals surface area contributed by atoms with Crippen LogP contribution in [0.1, 0.15) is 16.7 Å². The number of aliphatic hydroxyl groups excluding tert-OH is 1. The van der Waals surface area contributed by atoms with Crippen molar-refractivity contribution in [3.05, 3.63) is 16.1 Å². The molecule has 86 valence electrons. The van der Waals surface area contributed by atoms with Gasteiger partial charge in [-0.3, -0.25) is 0 Å². The van der Waals surface area contributed by atoms with E-state index in [2.05, 4.69) is 15.2 Å². The van der Waals surface area contributed by atoms with Crippen molar-refractivity contribution in [1.29, 1.82) is 0 Å². The van der Waals surface area contributed by atoms with Gasteiger partial charge in [-0.05, 0) is 21.0 Å². The second kappa shape index (κ2) is 6.17. The van der Waals surface area contributed by atoms with Crippen LogP contribution in [0.25, 0.3) is 0 Å². The second-order valence-electron chi connectivity index (χ2n) is 3.78. The predicted molar refractivity (Wildman–Crippen MR) is 63.2 cm³/mol. The number of hydrogen-bond acceptors (Lipinski definition) is 5. The predicted octanol–water partition coefficient (Wildman–Crippen LogP) is 0.636. The van der Waals surface area contributed by atoms with Gasteiger partial charge < -0.3 is 15.3 Å². The first-order valence-electron chi connectivity index (χ1n) is 5.04. The highest BCUT2D eigenvalue weighted by Crippen LogP contribution is 2.15. The van der Waals surface area contributed by atoms with Gasteiger partial charge >= 0.3 is 0 Å². The monoisotopic (exact) mass is 229 g/mol. The zero-order chi connectivity index (χ0) is 11.3. The van der Waals surface area contributed by atoms with Crippen molar-refractivity contribution >= 4 is 11.3 Å². The molecule has 0 aliphatic heterocycles. The molecule has 1 unspecified atom stereocenters. The second-order valence-corrected chi connectivity index (χ2v) is 4.85. The lowest BCUT2D eigenvalue weighted by Crippen LogP contribution is -2.31. The Labute approximate surface area is 94.9 Å². The number of thiazole rings is 1. The summed E-state index contributed by atoms with van der Waals surface area (Å²) in [4.78, 5) is 6.47. The van der Waals surface area contributed by atoms with Gasteiger partial charge in [0.25, 0.3) is 0 Å². The number of aliphatic hydroxyl groups is 1. The maximum absolute atomic E-state index is 9.24. The highest BCUT2D eigenvalue weighted by molar-refractivity contribution is 7.09. The number of nitrogens with zero attached hydrogens (tertiary/aromatic N) is 2. The molecule has 1 aromatic heterocycles. The lowest BCUT2D eigenvalue weighted by atomic mass is 10.2. The third-order valence-electron chi connectivity index (χ3n) is 2.13. The van der Waals surface area contributed by atoms with Crippen LogP contribution in [-0.4, -0.2) is 48.8 Å². The van der Waals surface area contributed by atoms with Gasteiger partial charge in [-0.2, -0.15) is 0 Å². The lowest BCUT2D eigenvalue weighted by molar-refractivity contribution is 0.238. The van der Waals surface area contributed by atoms with E-state index in [0.29, 0.717) is 0 Å². The number of hydrogen-bond donors (Lipinski definition) is 2. The van der Waals surface area contributed by atoms with Crippen molar-refractivity contribution in [2.45, 2.75) is 13.0 Å². The van der Waals surface area contributed by atoms with Crippen LogP contribution in [0.5, 0.6) is 0 Å². The minimum atomic E-state index is -0.0325. The Morgan fingerprint density at radius 1 is 1.60 bits per heavy atom. The number of aromatic nitrogens is 1. The highest BCUT2D eigenvalue weighted by atomic mass is 32.1. The molecule has 5 heteroatoms. The fourth-order valence-electron chi connectivity index (χ4n) is 1.27. The normalized spacial score (nSPS) is 13.4. The Hall–Kier alpha value is -0.490. The molecular weight excluding hydrogens is 210 g/mol. The van der Waals surface area contributed by atoms with Crippen molar-refractivity contribution in [1.82, 2.24) is 15.2 Å². The van der Waals surface area contributed by atoms with E-state index >= 15 is 0 Å². The first-order chi connectivity index (χ1) is 7.13. The standard InChI is InChI=1S/C10H19N3OS/c1-8-12-10(7-15-8)9(6-14)11-4-5-13(2)3/h7,9,11,14H,4-6H2,1-3H3. The first-order valence-corrected chi connectivity index (χ1v) is 5.92. The highest BCUT2D eigenvalue weighted by Gasteiger charge is 2.12. The fourth-order valence-corrected chi connectivity index (χ4v) is 1.93. The van der Waals surface area contributed by atoms with Gasteiger partial charge in [0, 0.05) is 18.5 Å². The summed E-state index contributed by atoms with van der Waals surface area (Å²) >= 11 is 1.62. The molecule has 0 amide bonds. The molecule has 0 saturated heterocycles. The lowest BCUT2D eigenvalue weighted by Gasteiger charge is -2.16. The molecule has 15 heavy (non-hydrogen) atoms. The summed E-state index contributed by atoms with van der Waals surface area (Å²) in [6.45, 7) is 3.88. The molecule has 0 aromatic carbocycles. The van der Waals surface area contributed by atoms with Crippen LogP contribution in [0.2, 0.25) is 0 Å². The largest absolute Gasteiger partial charge is 0.394 e. The van der Waals surface area contributed by atoms with E-state index < -0.39 is 0 Å². The van der Waals surface area contributed by atoms with Crippen LogP contribution in [0, 0.1) is 6.92 Å². The van der Waals surface area contributed by atoms with E-state index in [9.17, 15) is 5.11 Å². The molecule has 0 saturated carbocycles. The maximum atomic E-state index is 9.24. The maximum Gasteiger partial charge on any atom is 0.0898 e. The molecule has 0 radical (unpaired) electrons. The Kier molecular flexibility index (Phi) is 5.17. The minimum absolute atomic E-state index is 0.0325. The topological polar surface area (TPSA) is 48.4 Å². The van der Waals surface area contributed by atoms with Crippen molar-refractivity contribution < 1.29 is 5.11 Å². The van der Waals surface area contributed by atoms with E-state index in [0.717, 1.165) is 23.8 Å². The number of nitrogens with one attached hydrogen (secondary N) is 1. The first kappa shape index (κ1) is 12.6. The molecule has 0 bridgehead atoms. The summed E-state index contributed by atoms with van der Waals surface area (Å²) in [5.41, 5.74) is 0.943. The van der Waals surface area contributed by atoms with Crippen LogP contribution in [-0.2, 0) is 0 Å². The summed E-state index contributed by atoms with van der Waals surface area (Å²) < 4.78 is 0. The van der Waals surface area contributed by atoms with E-state index in [1.54, 1.807) is 11.3 Å². The summed E-state index contributed by atoms with van der Waals surface area (Å²) in [7, 11) is 4.06. The van der Waals surface area contributed by atoms with E-state index in [1.165, 1.54) is 0 Å². The molecule has 0 aliphatic rings. The van der Waals surface area contributed by atoms with Gasteiger partial charge in [0.05, 0.1) is 23.4 Å². The molecule has 0 aliphatic carbocycles. The summed E-state index contributed by atoms with van der Waals surface area (Å²) in [5.74, 6) is 0. The van der Waals surface area contributed by atoms with Crippen molar-refractivity contribution in [3.63, 3.8) is 0 Å². The van der Waals surface area contributed by atoms with Gasteiger partial charge in [0.1, 0.15) is 0 Å². The Morgan fingerprint density at radius 3 is 2.80 bits per heavy atom. The summed E-state index contributed by atoms with van der Waals surface area (Å²) in [6, 6.07) is -0.0325. The van der Waals surface area contributed by atoms with E-state index in [4.69, 9.17) is 0 Å². The van der Waals surface area contributed by atoms with Gasteiger partial charge in [0.15, 0.2) is 0 Å². The van der Waals surface area contributed by atoms with Crippen molar-refractivity contribution in [3.8, 4) is 0 Å². The van der Waals surface area contributed by atoms with Crippen LogP contribution in [0.4, 0.5) is 0 Å². The quantitative estimate of drug-likeness (QED) is 0.751. The Bertz CT molecular complexity index is 288. The number of aryl methyl sites for hydroxylation is 1. The van der Waals surface area contributed by atoms with Gasteiger partial charge in [-0.15, -0.1) is 11.3 Å². The average molecular weight is 229 g/mol. The Morgan fingerprint density at radius 2 is 2.33 bits per heavy atom. The van der Waals surface area contributed by atoms with Gasteiger partial charge in [0.2, 0.25) is 0 Å². The molecule has 2 N–H and O–H groups in total. The van der Waals surface area contributed by atoms with Crippen LogP contribution >= 0.6 is 11.3 Å². The number of rotatable bonds is 6. The molecule has 1 rings (SSSR count). The van der Waals surface area contributed by atoms with Crippen LogP contribution < -0.4 is 5.32 Å². The van der Waals surface area contributed by atoms with Crippen molar-refractivity contribution in [2.75, 3.05) is 33.8 Å². The van der Waals surface area contributed by atoms with Gasteiger partial charge in [-0.1, -0.05) is 0 Å². The van der Waals surface area contributed by atoms with Crippen molar-refractivity contribution in [2.24, 2.45) is 0 Å². The van der Waals surface area contributed by atoms with E-state index in [-0.39, 0.29) is 12.6 Å². The zero-order valence-corrected chi connectivity index (χ0v) is 10.3. The van der Waals surface area contributed by atoms with E-state index in [1.807, 2.05) is 26.4 Å². The summed E-state index contributed by atoms with van der Waals surface area (Å²) in [5, 5.41) is 15.6. The Balaban J connectivity index is 2.42. The molecule has 1 heterocycles. The molecular formula is C10H19N3OS. The smallest absolute Gasteiger partial charge is 0.0898 e. The number of likely N-dealkylation sites (N-methyl/N-ethyl adjacent to an activating group) is 1.